The van der Waals surface area contributed by atoms with E-state index in [1.54, 1.807) is 0 Å². The maximum absolute atomic E-state index is 12.6. The molecule has 114 valence electrons. The summed E-state index contributed by atoms with van der Waals surface area (Å²) in [7, 11) is 0. The van der Waals surface area contributed by atoms with Crippen molar-refractivity contribution in [3.8, 4) is 0 Å². The molecule has 2 heteroatoms. The van der Waals surface area contributed by atoms with Crippen molar-refractivity contribution in [2.45, 2.75) is 71.8 Å². The Morgan fingerprint density at radius 1 is 1.05 bits per heavy atom. The maximum atomic E-state index is 12.6. The van der Waals surface area contributed by atoms with Gasteiger partial charge in [0.1, 0.15) is 5.60 Å². The predicted molar refractivity (Wildman–Crippen MR) is 80.2 cm³/mol. The van der Waals surface area contributed by atoms with Crippen LogP contribution in [0.25, 0.3) is 0 Å². The molecule has 3 aliphatic rings. The minimum Gasteiger partial charge on any atom is -0.459 e. The summed E-state index contributed by atoms with van der Waals surface area (Å²) in [6.07, 6.45) is 7.39. The van der Waals surface area contributed by atoms with Gasteiger partial charge >= 0.3 is 5.97 Å². The molecule has 0 aromatic heterocycles. The monoisotopic (exact) mass is 278 g/mol. The number of hydrogen-bond donors (Lipinski definition) is 0. The third kappa shape index (κ3) is 2.29. The standard InChI is InChI=1S/C18H30O2/c1-11-12(2)15-9-13(11)10-16(15)17(19)20-18(3,4)14-7-5-6-8-14/h11-16H,5-10H2,1-4H3. The van der Waals surface area contributed by atoms with Crippen LogP contribution in [0.2, 0.25) is 0 Å². The summed E-state index contributed by atoms with van der Waals surface area (Å²) in [6, 6.07) is 0. The summed E-state index contributed by atoms with van der Waals surface area (Å²) in [4.78, 5) is 12.6. The second kappa shape index (κ2) is 5.03. The molecule has 3 rings (SSSR count). The fraction of sp³-hybridized carbons (Fsp3) is 0.944. The van der Waals surface area contributed by atoms with E-state index in [0.717, 1.165) is 18.3 Å². The highest BCUT2D eigenvalue weighted by Crippen LogP contribution is 2.55. The highest BCUT2D eigenvalue weighted by molar-refractivity contribution is 5.74. The third-order valence-corrected chi connectivity index (χ3v) is 6.90. The Balaban J connectivity index is 1.63. The van der Waals surface area contributed by atoms with Crippen molar-refractivity contribution in [1.82, 2.24) is 0 Å². The second-order valence-corrected chi connectivity index (χ2v) is 8.23. The molecular formula is C18H30O2. The number of hydrogen-bond acceptors (Lipinski definition) is 2. The highest BCUT2D eigenvalue weighted by atomic mass is 16.6. The summed E-state index contributed by atoms with van der Waals surface area (Å²) < 4.78 is 6.00. The Morgan fingerprint density at radius 2 is 1.70 bits per heavy atom. The van der Waals surface area contributed by atoms with Gasteiger partial charge in [0.15, 0.2) is 0 Å². The van der Waals surface area contributed by atoms with Crippen LogP contribution in [-0.4, -0.2) is 11.6 Å². The third-order valence-electron chi connectivity index (χ3n) is 6.90. The number of rotatable bonds is 3. The number of fused-ring (bicyclic) bond motifs is 2. The minimum atomic E-state index is -0.260. The summed E-state index contributed by atoms with van der Waals surface area (Å²) in [5, 5.41) is 0. The molecule has 3 saturated carbocycles. The van der Waals surface area contributed by atoms with Crippen LogP contribution in [0.4, 0.5) is 0 Å². The lowest BCUT2D eigenvalue weighted by atomic mass is 9.75. The lowest BCUT2D eigenvalue weighted by Crippen LogP contribution is -2.40. The van der Waals surface area contributed by atoms with Gasteiger partial charge in [-0.2, -0.15) is 0 Å². The van der Waals surface area contributed by atoms with Crippen LogP contribution < -0.4 is 0 Å². The largest absolute Gasteiger partial charge is 0.459 e. The Hall–Kier alpha value is -0.530. The topological polar surface area (TPSA) is 26.3 Å². The Kier molecular flexibility index (Phi) is 3.63. The zero-order valence-corrected chi connectivity index (χ0v) is 13.5. The minimum absolute atomic E-state index is 0.105. The molecule has 0 aromatic carbocycles. The van der Waals surface area contributed by atoms with Crippen LogP contribution in [0, 0.1) is 35.5 Å². The first-order valence-electron chi connectivity index (χ1n) is 8.63. The van der Waals surface area contributed by atoms with Gasteiger partial charge in [-0.3, -0.25) is 4.79 Å². The first kappa shape index (κ1) is 14.4. The van der Waals surface area contributed by atoms with E-state index in [2.05, 4.69) is 27.7 Å². The quantitative estimate of drug-likeness (QED) is 0.714. The Bertz CT molecular complexity index is 379. The van der Waals surface area contributed by atoms with Gasteiger partial charge in [-0.15, -0.1) is 0 Å². The van der Waals surface area contributed by atoms with E-state index in [9.17, 15) is 4.79 Å². The van der Waals surface area contributed by atoms with Crippen molar-refractivity contribution >= 4 is 5.97 Å². The zero-order chi connectivity index (χ0) is 14.5. The molecule has 0 amide bonds. The van der Waals surface area contributed by atoms with E-state index in [1.807, 2.05) is 0 Å². The smallest absolute Gasteiger partial charge is 0.309 e. The van der Waals surface area contributed by atoms with Crippen molar-refractivity contribution in [1.29, 1.82) is 0 Å². The molecule has 3 aliphatic carbocycles. The lowest BCUT2D eigenvalue weighted by molar-refractivity contribution is -0.169. The van der Waals surface area contributed by atoms with Crippen LogP contribution >= 0.6 is 0 Å². The molecule has 3 fully saturated rings. The summed E-state index contributed by atoms with van der Waals surface area (Å²) in [5.74, 6) is 3.71. The molecule has 5 atom stereocenters. The van der Waals surface area contributed by atoms with Crippen LogP contribution in [0.5, 0.6) is 0 Å². The molecule has 2 bridgehead atoms. The Labute approximate surface area is 123 Å². The predicted octanol–water partition coefficient (Wildman–Crippen LogP) is 4.43. The molecule has 0 saturated heterocycles. The van der Waals surface area contributed by atoms with Crippen LogP contribution in [0.15, 0.2) is 0 Å². The first-order valence-corrected chi connectivity index (χ1v) is 8.63. The number of esters is 1. The van der Waals surface area contributed by atoms with E-state index in [4.69, 9.17) is 4.74 Å². The SMILES string of the molecule is CC1C2CC(C(=O)OC(C)(C)C3CCCC3)C(C2)C1C. The molecule has 0 aliphatic heterocycles. The molecule has 0 N–H and O–H groups in total. The average Bonchev–Trinajstić information content (AvgIpc) is 3.08. The normalized spacial score (nSPS) is 41.3. The molecule has 5 unspecified atom stereocenters. The van der Waals surface area contributed by atoms with Crippen molar-refractivity contribution in [3.63, 3.8) is 0 Å². The van der Waals surface area contributed by atoms with Gasteiger partial charge in [-0.05, 0) is 69.1 Å². The second-order valence-electron chi connectivity index (χ2n) is 8.23. The van der Waals surface area contributed by atoms with E-state index >= 15 is 0 Å². The average molecular weight is 278 g/mol. The summed E-state index contributed by atoms with van der Waals surface area (Å²) >= 11 is 0. The van der Waals surface area contributed by atoms with Crippen molar-refractivity contribution in [3.05, 3.63) is 0 Å². The van der Waals surface area contributed by atoms with E-state index in [0.29, 0.717) is 17.8 Å². The van der Waals surface area contributed by atoms with E-state index in [-0.39, 0.29) is 17.5 Å². The van der Waals surface area contributed by atoms with Gasteiger partial charge in [0, 0.05) is 0 Å². The Morgan fingerprint density at radius 3 is 2.25 bits per heavy atom. The van der Waals surface area contributed by atoms with Crippen LogP contribution in [0.1, 0.15) is 66.2 Å². The number of carbonyl (C=O) groups is 1. The van der Waals surface area contributed by atoms with Crippen LogP contribution in [-0.2, 0) is 9.53 Å². The summed E-state index contributed by atoms with van der Waals surface area (Å²) in [6.45, 7) is 8.94. The van der Waals surface area contributed by atoms with Crippen molar-refractivity contribution in [2.24, 2.45) is 35.5 Å². The number of ether oxygens (including phenoxy) is 1. The van der Waals surface area contributed by atoms with Gasteiger partial charge in [0.25, 0.3) is 0 Å². The molecule has 0 radical (unpaired) electrons. The number of carbonyl (C=O) groups excluding carboxylic acids is 1. The summed E-state index contributed by atoms with van der Waals surface area (Å²) in [5.41, 5.74) is -0.260. The van der Waals surface area contributed by atoms with Gasteiger partial charge < -0.3 is 4.74 Å². The van der Waals surface area contributed by atoms with Crippen molar-refractivity contribution in [2.75, 3.05) is 0 Å². The van der Waals surface area contributed by atoms with E-state index < -0.39 is 0 Å². The highest BCUT2D eigenvalue weighted by Gasteiger charge is 2.52. The fourth-order valence-electron chi connectivity index (χ4n) is 5.25. The maximum Gasteiger partial charge on any atom is 0.309 e. The molecule has 0 aromatic rings. The molecular weight excluding hydrogens is 248 g/mol. The molecule has 0 spiro atoms. The van der Waals surface area contributed by atoms with Gasteiger partial charge in [0.05, 0.1) is 5.92 Å². The first-order chi connectivity index (χ1) is 9.40. The van der Waals surface area contributed by atoms with Crippen LogP contribution in [0.3, 0.4) is 0 Å². The van der Waals surface area contributed by atoms with Gasteiger partial charge in [-0.1, -0.05) is 26.7 Å². The van der Waals surface area contributed by atoms with Crippen molar-refractivity contribution < 1.29 is 9.53 Å². The van der Waals surface area contributed by atoms with Gasteiger partial charge in [-0.25, -0.2) is 0 Å². The van der Waals surface area contributed by atoms with E-state index in [1.165, 1.54) is 32.1 Å². The fourth-order valence-corrected chi connectivity index (χ4v) is 5.25. The zero-order valence-electron chi connectivity index (χ0n) is 13.5. The molecule has 20 heavy (non-hydrogen) atoms. The lowest BCUT2D eigenvalue weighted by Gasteiger charge is -2.36. The van der Waals surface area contributed by atoms with Gasteiger partial charge in [0.2, 0.25) is 0 Å². The molecule has 2 nitrogen and oxygen atoms in total. The molecule has 0 heterocycles.